The Balaban J connectivity index is 1.64. The van der Waals surface area contributed by atoms with Crippen molar-refractivity contribution < 1.29 is 23.9 Å². The molecule has 2 amide bonds. The summed E-state index contributed by atoms with van der Waals surface area (Å²) in [6.45, 7) is 7.25. The van der Waals surface area contributed by atoms with Gasteiger partial charge in [-0.25, -0.2) is 4.79 Å². The highest BCUT2D eigenvalue weighted by molar-refractivity contribution is 7.99. The van der Waals surface area contributed by atoms with Gasteiger partial charge in [-0.3, -0.25) is 9.59 Å². The van der Waals surface area contributed by atoms with E-state index in [1.165, 1.54) is 11.8 Å². The Morgan fingerprint density at radius 3 is 2.49 bits per heavy atom. The van der Waals surface area contributed by atoms with Gasteiger partial charge in [0.25, 0.3) is 5.91 Å². The van der Waals surface area contributed by atoms with Crippen LogP contribution in [0, 0.1) is 13.8 Å². The van der Waals surface area contributed by atoms with E-state index in [1.54, 1.807) is 32.4 Å². The molecule has 0 aliphatic rings. The molecule has 12 heteroatoms. The van der Waals surface area contributed by atoms with Crippen molar-refractivity contribution >= 4 is 45.9 Å². The summed E-state index contributed by atoms with van der Waals surface area (Å²) in [5.41, 5.74) is 7.07. The Kier molecular flexibility index (Phi) is 8.52. The van der Waals surface area contributed by atoms with E-state index >= 15 is 0 Å². The molecule has 10 nitrogen and oxygen atoms in total. The number of rotatable bonds is 10. The van der Waals surface area contributed by atoms with Crippen LogP contribution in [0.1, 0.15) is 50.8 Å². The van der Waals surface area contributed by atoms with E-state index in [9.17, 15) is 14.4 Å². The van der Waals surface area contributed by atoms with Crippen LogP contribution in [0.5, 0.6) is 5.75 Å². The fourth-order valence-corrected chi connectivity index (χ4v) is 4.82. The summed E-state index contributed by atoms with van der Waals surface area (Å²) < 4.78 is 12.8. The summed E-state index contributed by atoms with van der Waals surface area (Å²) in [5.74, 6) is -0.359. The molecule has 2 aromatic heterocycles. The zero-order chi connectivity index (χ0) is 25.7. The Morgan fingerprint density at radius 1 is 1.17 bits per heavy atom. The largest absolute Gasteiger partial charge is 0.486 e. The maximum Gasteiger partial charge on any atom is 0.341 e. The molecule has 0 fully saturated rings. The summed E-state index contributed by atoms with van der Waals surface area (Å²) in [6.07, 6.45) is -0.363. The normalized spacial score (nSPS) is 10.9. The minimum Gasteiger partial charge on any atom is -0.486 e. The molecule has 0 aliphatic carbocycles. The number of ether oxygens (including phenoxy) is 2. The molecule has 0 bridgehead atoms. The van der Waals surface area contributed by atoms with Crippen molar-refractivity contribution in [3.63, 3.8) is 0 Å². The number of amides is 2. The predicted octanol–water partition coefficient (Wildman–Crippen LogP) is 3.47. The topological polar surface area (TPSA) is 138 Å². The summed E-state index contributed by atoms with van der Waals surface area (Å²) in [5, 5.41) is 11.7. The van der Waals surface area contributed by atoms with Gasteiger partial charge in [0.2, 0.25) is 5.91 Å². The van der Waals surface area contributed by atoms with Crippen LogP contribution in [0.2, 0.25) is 0 Å². The molecule has 3 rings (SSSR count). The van der Waals surface area contributed by atoms with Gasteiger partial charge in [-0.15, -0.1) is 21.5 Å². The molecular formula is C23H27N5O5S2. The van der Waals surface area contributed by atoms with Crippen molar-refractivity contribution in [3.8, 4) is 5.75 Å². The first-order valence-corrected chi connectivity index (χ1v) is 12.5. The number of primary amides is 1. The highest BCUT2D eigenvalue weighted by Gasteiger charge is 2.26. The quantitative estimate of drug-likeness (QED) is 0.308. The van der Waals surface area contributed by atoms with E-state index in [2.05, 4.69) is 15.5 Å². The zero-order valence-corrected chi connectivity index (χ0v) is 21.7. The standard InChI is InChI=1S/C23H27N5O5S2/c1-12(2)33-22(31)18-14(4)19(20(24)30)35-21(18)25-17(29)11-34-23-27-26-16(28(23)5)10-32-15-8-6-13(3)7-9-15/h6-9,12H,10-11H2,1-5H3,(H2,24,30)(H,25,29). The number of aryl methyl sites for hydroxylation is 1. The van der Waals surface area contributed by atoms with Crippen LogP contribution in [0.25, 0.3) is 0 Å². The van der Waals surface area contributed by atoms with Crippen molar-refractivity contribution in [1.29, 1.82) is 0 Å². The Hall–Kier alpha value is -3.38. The number of benzene rings is 1. The second-order valence-electron chi connectivity index (χ2n) is 7.98. The zero-order valence-electron chi connectivity index (χ0n) is 20.1. The number of nitrogens with two attached hydrogens (primary N) is 1. The fourth-order valence-electron chi connectivity index (χ4n) is 3.03. The SMILES string of the molecule is Cc1ccc(OCc2nnc(SCC(=O)Nc3sc(C(N)=O)c(C)c3C(=O)OC(C)C)n2C)cc1. The van der Waals surface area contributed by atoms with Gasteiger partial charge < -0.3 is 25.1 Å². The van der Waals surface area contributed by atoms with Gasteiger partial charge in [0, 0.05) is 7.05 Å². The number of hydrogen-bond acceptors (Lipinski definition) is 9. The average molecular weight is 518 g/mol. The highest BCUT2D eigenvalue weighted by Crippen LogP contribution is 2.34. The number of hydrogen-bond donors (Lipinski definition) is 2. The lowest BCUT2D eigenvalue weighted by Crippen LogP contribution is -2.18. The van der Waals surface area contributed by atoms with Gasteiger partial charge in [-0.2, -0.15) is 0 Å². The Labute approximate surface area is 211 Å². The second kappa shape index (κ2) is 11.4. The lowest BCUT2D eigenvalue weighted by molar-refractivity contribution is -0.113. The molecule has 0 radical (unpaired) electrons. The number of carbonyl (C=O) groups is 3. The van der Waals surface area contributed by atoms with E-state index < -0.39 is 11.9 Å². The third-order valence-corrected chi connectivity index (χ3v) is 7.06. The van der Waals surface area contributed by atoms with Crippen LogP contribution in [0.15, 0.2) is 29.4 Å². The van der Waals surface area contributed by atoms with Gasteiger partial charge in [0.1, 0.15) is 17.4 Å². The van der Waals surface area contributed by atoms with Crippen LogP contribution in [-0.4, -0.2) is 44.4 Å². The van der Waals surface area contributed by atoms with Crippen LogP contribution in [-0.2, 0) is 23.2 Å². The molecule has 0 atom stereocenters. The van der Waals surface area contributed by atoms with Crippen LogP contribution in [0.3, 0.4) is 0 Å². The molecule has 0 saturated carbocycles. The smallest absolute Gasteiger partial charge is 0.341 e. The van der Waals surface area contributed by atoms with E-state index in [-0.39, 0.29) is 39.8 Å². The molecule has 1 aromatic carbocycles. The third-order valence-electron chi connectivity index (χ3n) is 4.82. The number of thiophene rings is 1. The minimum atomic E-state index is -0.680. The highest BCUT2D eigenvalue weighted by atomic mass is 32.2. The number of thioether (sulfide) groups is 1. The fraction of sp³-hybridized carbons (Fsp3) is 0.348. The predicted molar refractivity (Wildman–Crippen MR) is 134 cm³/mol. The van der Waals surface area contributed by atoms with E-state index in [1.807, 2.05) is 31.2 Å². The van der Waals surface area contributed by atoms with E-state index in [4.69, 9.17) is 15.2 Å². The number of nitrogens with zero attached hydrogens (tertiary/aromatic N) is 3. The van der Waals surface area contributed by atoms with Crippen LogP contribution < -0.4 is 15.8 Å². The maximum atomic E-state index is 12.7. The average Bonchev–Trinajstić information content (AvgIpc) is 3.30. The van der Waals surface area contributed by atoms with Gasteiger partial charge in [0.05, 0.1) is 22.3 Å². The molecule has 0 aliphatic heterocycles. The molecule has 186 valence electrons. The molecule has 3 aromatic rings. The first-order valence-electron chi connectivity index (χ1n) is 10.7. The van der Waals surface area contributed by atoms with Gasteiger partial charge >= 0.3 is 5.97 Å². The van der Waals surface area contributed by atoms with Crippen molar-refractivity contribution in [2.45, 2.75) is 45.6 Å². The molecule has 0 unspecified atom stereocenters. The van der Waals surface area contributed by atoms with E-state index in [0.717, 1.165) is 22.6 Å². The van der Waals surface area contributed by atoms with Crippen molar-refractivity contribution in [1.82, 2.24) is 14.8 Å². The lowest BCUT2D eigenvalue weighted by atomic mass is 10.1. The van der Waals surface area contributed by atoms with Gasteiger partial charge in [0.15, 0.2) is 11.0 Å². The number of anilines is 1. The van der Waals surface area contributed by atoms with Crippen molar-refractivity contribution in [2.75, 3.05) is 11.1 Å². The molecule has 2 heterocycles. The minimum absolute atomic E-state index is 0.00626. The molecular weight excluding hydrogens is 490 g/mol. The summed E-state index contributed by atoms with van der Waals surface area (Å²) in [7, 11) is 1.79. The Morgan fingerprint density at radius 2 is 1.86 bits per heavy atom. The third kappa shape index (κ3) is 6.61. The number of esters is 1. The lowest BCUT2D eigenvalue weighted by Gasteiger charge is -2.10. The summed E-state index contributed by atoms with van der Waals surface area (Å²) >= 11 is 2.13. The molecule has 0 spiro atoms. The summed E-state index contributed by atoms with van der Waals surface area (Å²) in [6, 6.07) is 7.68. The molecule has 35 heavy (non-hydrogen) atoms. The number of nitrogens with one attached hydrogen (secondary N) is 1. The first kappa shape index (κ1) is 26.2. The first-order chi connectivity index (χ1) is 16.6. The van der Waals surface area contributed by atoms with Gasteiger partial charge in [-0.1, -0.05) is 29.5 Å². The number of carbonyl (C=O) groups excluding carboxylic acids is 3. The van der Waals surface area contributed by atoms with E-state index in [0.29, 0.717) is 16.5 Å². The maximum absolute atomic E-state index is 12.7. The molecule has 3 N–H and O–H groups in total. The van der Waals surface area contributed by atoms with Crippen molar-refractivity contribution in [2.24, 2.45) is 12.8 Å². The van der Waals surface area contributed by atoms with Crippen LogP contribution >= 0.6 is 23.1 Å². The summed E-state index contributed by atoms with van der Waals surface area (Å²) in [4.78, 5) is 37.2. The Bertz CT molecular complexity index is 1230. The van der Waals surface area contributed by atoms with Crippen molar-refractivity contribution in [3.05, 3.63) is 51.7 Å². The van der Waals surface area contributed by atoms with Gasteiger partial charge in [-0.05, 0) is 45.4 Å². The number of aromatic nitrogens is 3. The molecule has 0 saturated heterocycles. The monoisotopic (exact) mass is 517 g/mol. The van der Waals surface area contributed by atoms with Crippen LogP contribution in [0.4, 0.5) is 5.00 Å². The second-order valence-corrected chi connectivity index (χ2v) is 9.94.